The zero-order valence-electron chi connectivity index (χ0n) is 44.5. The molecule has 0 radical (unpaired) electrons. The molecule has 0 fully saturated rings. The Bertz CT molecular complexity index is 3240. The first-order valence-corrected chi connectivity index (χ1v) is 25.2. The molecule has 1 aliphatic rings. The Morgan fingerprint density at radius 1 is 0.563 bits per heavy atom. The van der Waals surface area contributed by atoms with Gasteiger partial charge >= 0.3 is 0 Å². The van der Waals surface area contributed by atoms with Crippen LogP contribution in [-0.4, -0.2) is 9.55 Å². The molecule has 3 heterocycles. The van der Waals surface area contributed by atoms with Crippen LogP contribution in [0.5, 0.6) is 11.5 Å². The monoisotopic (exact) mass is 1120 g/mol. The number of anilines is 2. The molecule has 0 unspecified atom stereocenters. The van der Waals surface area contributed by atoms with Crippen LogP contribution in [0.15, 0.2) is 145 Å². The number of rotatable bonds is 10. The van der Waals surface area contributed by atoms with Gasteiger partial charge in [0.1, 0.15) is 5.82 Å². The predicted molar refractivity (Wildman–Crippen MR) is 296 cm³/mol. The molecule has 8 aromatic rings. The van der Waals surface area contributed by atoms with Crippen molar-refractivity contribution in [2.45, 2.75) is 132 Å². The predicted octanol–water partition coefficient (Wildman–Crippen LogP) is 17.7. The molecule has 5 nitrogen and oxygen atoms in total. The van der Waals surface area contributed by atoms with E-state index >= 15 is 0 Å². The van der Waals surface area contributed by atoms with Gasteiger partial charge in [0, 0.05) is 66.5 Å². The van der Waals surface area contributed by atoms with Crippen molar-refractivity contribution < 1.29 is 25.8 Å². The Hall–Kier alpha value is -5.90. The van der Waals surface area contributed by atoms with Crippen molar-refractivity contribution in [3.8, 4) is 28.4 Å². The fourth-order valence-electron chi connectivity index (χ4n) is 9.94. The maximum absolute atomic E-state index is 7.10. The summed E-state index contributed by atoms with van der Waals surface area (Å²) in [5, 5.41) is 2.27. The Morgan fingerprint density at radius 3 is 1.86 bits per heavy atom. The number of nitrogens with zero attached hydrogens (tertiary/aromatic N) is 4. The normalized spacial score (nSPS) is 13.7. The van der Waals surface area contributed by atoms with E-state index in [9.17, 15) is 0 Å². The topological polar surface area (TPSA) is 33.5 Å². The molecule has 0 aliphatic carbocycles. The van der Waals surface area contributed by atoms with Crippen molar-refractivity contribution >= 4 is 33.2 Å². The molecular formula is C65H71N4OPt-3. The molecular weight excluding hydrogens is 1050 g/mol. The second-order valence-corrected chi connectivity index (χ2v) is 23.6. The number of fused-ring (bicyclic) bond motifs is 3. The van der Waals surface area contributed by atoms with Crippen molar-refractivity contribution in [3.63, 3.8) is 0 Å². The third-order valence-electron chi connectivity index (χ3n) is 14.2. The summed E-state index contributed by atoms with van der Waals surface area (Å²) in [4.78, 5) is 9.56. The van der Waals surface area contributed by atoms with Gasteiger partial charge in [0.25, 0.3) is 0 Å². The maximum Gasteiger partial charge on any atom is 0.135 e. The summed E-state index contributed by atoms with van der Waals surface area (Å²) >= 11 is 0. The fourth-order valence-corrected chi connectivity index (χ4v) is 9.94. The van der Waals surface area contributed by atoms with Gasteiger partial charge in [0.15, 0.2) is 0 Å². The molecule has 71 heavy (non-hydrogen) atoms. The minimum atomic E-state index is -0.215. The first kappa shape index (κ1) is 51.5. The Kier molecular flexibility index (Phi) is 14.0. The van der Waals surface area contributed by atoms with Gasteiger partial charge in [-0.15, -0.1) is 53.6 Å². The SMILES string of the molecule is CC(C)c1cccc(C(C)C)c1-c1cc(Oc2[c-]c3c(cc2)c2cc(C(C)(C)C)ccc2n3-c2cc(C(C)(C)C)ccn2)[c-]c(N2[CH-]N(c3cccc(C(C)(C)c4ccccc4)c3)C=C2C(C)(C)C)c1.[Pt]. The number of benzene rings is 6. The average molecular weight is 1120 g/mol. The summed E-state index contributed by atoms with van der Waals surface area (Å²) in [5.74, 6) is 2.69. The summed E-state index contributed by atoms with van der Waals surface area (Å²) in [5.41, 5.74) is 14.7. The van der Waals surface area contributed by atoms with Gasteiger partial charge in [-0.05, 0) is 104 Å². The first-order chi connectivity index (χ1) is 33.0. The van der Waals surface area contributed by atoms with Crippen LogP contribution in [-0.2, 0) is 37.3 Å². The van der Waals surface area contributed by atoms with Gasteiger partial charge in [-0.25, -0.2) is 4.98 Å². The van der Waals surface area contributed by atoms with Crippen molar-refractivity contribution in [1.82, 2.24) is 9.55 Å². The standard InChI is InChI=1S/C65H71N4O.Pt/c1-42(2)53-25-20-26-54(43(3)4)61(53)44-33-50(68-41-67(40-59(68)64(11,12)13)49-24-19-23-48(35-49)65(14,15)45-21-17-16-18-22-45)38-52(34-44)70-51-28-29-55-56-36-46(62(5,6)7)27-30-57(56)69(58(55)39-51)60-37-47(31-32-66-60)63(8,9)10;/h16-37,40-43H,1-15H3;/q-3;. The van der Waals surface area contributed by atoms with Gasteiger partial charge in [-0.1, -0.05) is 182 Å². The molecule has 1 aliphatic heterocycles. The summed E-state index contributed by atoms with van der Waals surface area (Å²) in [7, 11) is 0. The molecule has 0 N–H and O–H groups in total. The second kappa shape index (κ2) is 19.3. The average Bonchev–Trinajstić information content (AvgIpc) is 3.92. The summed E-state index contributed by atoms with van der Waals surface area (Å²) in [6.07, 6.45) is 4.21. The van der Waals surface area contributed by atoms with Gasteiger partial charge in [-0.2, -0.15) is 6.07 Å². The smallest absolute Gasteiger partial charge is 0.135 e. The van der Waals surface area contributed by atoms with Crippen molar-refractivity contribution in [2.75, 3.05) is 9.80 Å². The molecule has 6 aromatic carbocycles. The van der Waals surface area contributed by atoms with Gasteiger partial charge in [0.05, 0.1) is 0 Å². The van der Waals surface area contributed by atoms with Crippen LogP contribution in [0.3, 0.4) is 0 Å². The van der Waals surface area contributed by atoms with Crippen molar-refractivity contribution in [3.05, 3.63) is 198 Å². The van der Waals surface area contributed by atoms with Crippen LogP contribution >= 0.6 is 0 Å². The van der Waals surface area contributed by atoms with E-state index in [0.29, 0.717) is 23.3 Å². The fraction of sp³-hybridized carbons (Fsp3) is 0.323. The van der Waals surface area contributed by atoms with Crippen molar-refractivity contribution in [1.29, 1.82) is 0 Å². The van der Waals surface area contributed by atoms with Gasteiger partial charge < -0.3 is 19.1 Å². The van der Waals surface area contributed by atoms with E-state index in [1.54, 1.807) is 0 Å². The quantitative estimate of drug-likeness (QED) is 0.128. The minimum Gasteiger partial charge on any atom is -0.509 e. The van der Waals surface area contributed by atoms with E-state index in [-0.39, 0.29) is 42.7 Å². The number of hydrogen-bond acceptors (Lipinski definition) is 4. The number of pyridine rings is 1. The van der Waals surface area contributed by atoms with E-state index in [0.717, 1.165) is 44.9 Å². The third-order valence-corrected chi connectivity index (χ3v) is 14.2. The third kappa shape index (κ3) is 10.1. The summed E-state index contributed by atoms with van der Waals surface area (Å²) < 4.78 is 9.35. The van der Waals surface area contributed by atoms with Crippen LogP contribution in [0, 0.1) is 24.2 Å². The van der Waals surface area contributed by atoms with Crippen LogP contribution < -0.4 is 14.5 Å². The van der Waals surface area contributed by atoms with E-state index in [1.807, 2.05) is 6.20 Å². The molecule has 0 atom stereocenters. The van der Waals surface area contributed by atoms with Crippen LogP contribution in [0.1, 0.15) is 149 Å². The number of allylic oxidation sites excluding steroid dienone is 1. The van der Waals surface area contributed by atoms with Crippen LogP contribution in [0.4, 0.5) is 11.4 Å². The summed E-state index contributed by atoms with van der Waals surface area (Å²) in [6, 6.07) is 54.0. The molecule has 0 amide bonds. The van der Waals surface area contributed by atoms with Crippen LogP contribution in [0.25, 0.3) is 38.8 Å². The van der Waals surface area contributed by atoms with Gasteiger partial charge in [0.2, 0.25) is 0 Å². The number of aromatic nitrogens is 2. The molecule has 0 bridgehead atoms. The zero-order valence-corrected chi connectivity index (χ0v) is 46.8. The number of ether oxygens (including phenoxy) is 1. The zero-order chi connectivity index (χ0) is 50.1. The first-order valence-electron chi connectivity index (χ1n) is 25.2. The second-order valence-electron chi connectivity index (χ2n) is 23.6. The van der Waals surface area contributed by atoms with Crippen LogP contribution in [0.2, 0.25) is 0 Å². The largest absolute Gasteiger partial charge is 0.509 e. The maximum atomic E-state index is 7.10. The Labute approximate surface area is 439 Å². The molecule has 0 saturated carbocycles. The summed E-state index contributed by atoms with van der Waals surface area (Å²) in [6.45, 7) is 36.4. The minimum absolute atomic E-state index is 0. The van der Waals surface area contributed by atoms with Gasteiger partial charge in [-0.3, -0.25) is 0 Å². The molecule has 2 aromatic heterocycles. The molecule has 0 spiro atoms. The molecule has 6 heteroatoms. The Balaban J connectivity index is 0.00000676. The molecule has 9 rings (SSSR count). The van der Waals surface area contributed by atoms with Crippen molar-refractivity contribution in [2.24, 2.45) is 5.41 Å². The Morgan fingerprint density at radius 2 is 1.21 bits per heavy atom. The van der Waals surface area contributed by atoms with E-state index in [1.165, 1.54) is 44.3 Å². The molecule has 370 valence electrons. The van der Waals surface area contributed by atoms with E-state index in [4.69, 9.17) is 9.72 Å². The number of hydrogen-bond donors (Lipinski definition) is 0. The van der Waals surface area contributed by atoms with E-state index in [2.05, 4.69) is 271 Å². The molecule has 0 saturated heterocycles. The van der Waals surface area contributed by atoms with E-state index < -0.39 is 0 Å².